The molecule has 1 aliphatic rings. The van der Waals surface area contributed by atoms with Gasteiger partial charge in [0.15, 0.2) is 0 Å². The van der Waals surface area contributed by atoms with Crippen LogP contribution in [-0.4, -0.2) is 41.7 Å². The molecule has 1 N–H and O–H groups in total. The zero-order valence-corrected chi connectivity index (χ0v) is 8.20. The minimum absolute atomic E-state index is 0.586. The highest BCUT2D eigenvalue weighted by Gasteiger charge is 2.52. The topological polar surface area (TPSA) is 87.2 Å². The SMILES string of the molecule is CN1C(=O)N(OS(=O)(=O)O)C1(C)C. The van der Waals surface area contributed by atoms with Crippen molar-refractivity contribution in [1.82, 2.24) is 9.96 Å². The Labute approximate surface area is 75.8 Å². The lowest BCUT2D eigenvalue weighted by Crippen LogP contribution is -2.72. The highest BCUT2D eigenvalue weighted by atomic mass is 32.3. The van der Waals surface area contributed by atoms with E-state index in [9.17, 15) is 13.2 Å². The number of amides is 2. The van der Waals surface area contributed by atoms with E-state index in [4.69, 9.17) is 4.55 Å². The van der Waals surface area contributed by atoms with Crippen LogP contribution in [0.3, 0.4) is 0 Å². The van der Waals surface area contributed by atoms with Crippen LogP contribution in [0.2, 0.25) is 0 Å². The van der Waals surface area contributed by atoms with Gasteiger partial charge in [-0.25, -0.2) is 4.79 Å². The summed E-state index contributed by atoms with van der Waals surface area (Å²) in [5.41, 5.74) is -0.868. The molecule has 0 aliphatic carbocycles. The molecule has 0 unspecified atom stereocenters. The third-order valence-corrected chi connectivity index (χ3v) is 2.28. The standard InChI is InChI=1S/C5H10N2O5S/c1-5(2)6(3)4(8)7(5)12-13(9,10)11/h1-3H3,(H,9,10,11). The summed E-state index contributed by atoms with van der Waals surface area (Å²) in [6, 6.07) is -0.623. The van der Waals surface area contributed by atoms with Crippen LogP contribution in [-0.2, 0) is 14.7 Å². The van der Waals surface area contributed by atoms with Gasteiger partial charge in [0.05, 0.1) is 0 Å². The van der Waals surface area contributed by atoms with Crippen molar-refractivity contribution in [2.75, 3.05) is 7.05 Å². The summed E-state index contributed by atoms with van der Waals surface area (Å²) in [7, 11) is -3.14. The van der Waals surface area contributed by atoms with Gasteiger partial charge in [-0.2, -0.15) is 13.5 Å². The molecule has 0 aromatic rings. The van der Waals surface area contributed by atoms with Gasteiger partial charge in [0.2, 0.25) is 0 Å². The molecule has 8 heteroatoms. The fourth-order valence-electron chi connectivity index (χ4n) is 0.913. The number of urea groups is 1. The molecule has 0 spiro atoms. The molecule has 1 saturated heterocycles. The summed E-state index contributed by atoms with van der Waals surface area (Å²) in [6.45, 7) is 3.14. The third kappa shape index (κ3) is 1.60. The molecule has 7 nitrogen and oxygen atoms in total. The fraction of sp³-hybridized carbons (Fsp3) is 0.800. The summed E-state index contributed by atoms with van der Waals surface area (Å²) in [5.74, 6) is 0. The minimum Gasteiger partial charge on any atom is -0.301 e. The average molecular weight is 210 g/mol. The highest BCUT2D eigenvalue weighted by Crippen LogP contribution is 2.31. The normalized spacial score (nSPS) is 21.7. The number of hydrogen-bond donors (Lipinski definition) is 1. The maximum absolute atomic E-state index is 11.0. The predicted molar refractivity (Wildman–Crippen MR) is 41.7 cm³/mol. The molecule has 0 saturated carbocycles. The van der Waals surface area contributed by atoms with Crippen LogP contribution in [0.4, 0.5) is 4.79 Å². The van der Waals surface area contributed by atoms with Crippen molar-refractivity contribution in [3.05, 3.63) is 0 Å². The van der Waals surface area contributed by atoms with Crippen molar-refractivity contribution >= 4 is 16.4 Å². The number of rotatable bonds is 2. The van der Waals surface area contributed by atoms with Crippen molar-refractivity contribution < 1.29 is 22.0 Å². The molecule has 1 rings (SSSR count). The molecule has 1 aliphatic heterocycles. The predicted octanol–water partition coefficient (Wildman–Crippen LogP) is -0.176. The van der Waals surface area contributed by atoms with Crippen molar-refractivity contribution in [2.45, 2.75) is 19.5 Å². The number of hydrogen-bond acceptors (Lipinski definition) is 4. The van der Waals surface area contributed by atoms with Crippen LogP contribution in [0.1, 0.15) is 13.8 Å². The zero-order valence-electron chi connectivity index (χ0n) is 7.38. The van der Waals surface area contributed by atoms with Crippen LogP contribution in [0.5, 0.6) is 0 Å². The molecule has 1 heterocycles. The van der Waals surface area contributed by atoms with Gasteiger partial charge in [0.1, 0.15) is 5.66 Å². The molecule has 0 atom stereocenters. The van der Waals surface area contributed by atoms with Crippen LogP contribution in [0, 0.1) is 0 Å². The van der Waals surface area contributed by atoms with E-state index in [2.05, 4.69) is 4.28 Å². The summed E-state index contributed by atoms with van der Waals surface area (Å²) in [4.78, 5) is 12.3. The fourth-order valence-corrected chi connectivity index (χ4v) is 1.35. The maximum Gasteiger partial charge on any atom is 0.418 e. The molecule has 0 bridgehead atoms. The van der Waals surface area contributed by atoms with Crippen molar-refractivity contribution in [3.63, 3.8) is 0 Å². The van der Waals surface area contributed by atoms with Crippen LogP contribution < -0.4 is 0 Å². The van der Waals surface area contributed by atoms with Gasteiger partial charge in [-0.05, 0) is 13.8 Å². The van der Waals surface area contributed by atoms with E-state index in [1.54, 1.807) is 13.8 Å². The smallest absolute Gasteiger partial charge is 0.301 e. The van der Waals surface area contributed by atoms with E-state index >= 15 is 0 Å². The molecule has 13 heavy (non-hydrogen) atoms. The Kier molecular flexibility index (Phi) is 2.02. The number of carbonyl (C=O) groups is 1. The molecular formula is C5H10N2O5S. The van der Waals surface area contributed by atoms with Gasteiger partial charge in [-0.1, -0.05) is 0 Å². The first-order valence-corrected chi connectivity index (χ1v) is 4.78. The molecular weight excluding hydrogens is 200 g/mol. The second-order valence-electron chi connectivity index (χ2n) is 3.13. The van der Waals surface area contributed by atoms with E-state index in [0.717, 1.165) is 0 Å². The molecule has 76 valence electrons. The van der Waals surface area contributed by atoms with Crippen molar-refractivity contribution in [1.29, 1.82) is 0 Å². The lowest BCUT2D eigenvalue weighted by atomic mass is 10.1. The van der Waals surface area contributed by atoms with E-state index < -0.39 is 22.1 Å². The highest BCUT2D eigenvalue weighted by molar-refractivity contribution is 7.80. The van der Waals surface area contributed by atoms with Gasteiger partial charge in [0.25, 0.3) is 0 Å². The second-order valence-corrected chi connectivity index (χ2v) is 4.14. The van der Waals surface area contributed by atoms with Crippen LogP contribution in [0.15, 0.2) is 0 Å². The summed E-state index contributed by atoms with van der Waals surface area (Å²) < 4.78 is 33.0. The minimum atomic E-state index is -4.63. The van der Waals surface area contributed by atoms with E-state index in [0.29, 0.717) is 5.06 Å². The number of hydroxylamine groups is 2. The molecule has 0 radical (unpaired) electrons. The second kappa shape index (κ2) is 2.56. The van der Waals surface area contributed by atoms with Gasteiger partial charge >= 0.3 is 16.4 Å². The van der Waals surface area contributed by atoms with Crippen molar-refractivity contribution in [3.8, 4) is 0 Å². The lowest BCUT2D eigenvalue weighted by molar-refractivity contribution is -0.203. The molecule has 0 aromatic heterocycles. The summed E-state index contributed by atoms with van der Waals surface area (Å²) in [5, 5.41) is 0.586. The Balaban J connectivity index is 2.80. The Bertz CT molecular complexity index is 335. The van der Waals surface area contributed by atoms with E-state index in [1.807, 2.05) is 0 Å². The van der Waals surface area contributed by atoms with Crippen LogP contribution >= 0.6 is 0 Å². The lowest BCUT2D eigenvalue weighted by Gasteiger charge is -2.52. The summed E-state index contributed by atoms with van der Waals surface area (Å²) in [6.07, 6.45) is 0. The van der Waals surface area contributed by atoms with Gasteiger partial charge in [0, 0.05) is 7.05 Å². The largest absolute Gasteiger partial charge is 0.418 e. The molecule has 0 aromatic carbocycles. The van der Waals surface area contributed by atoms with Gasteiger partial charge in [-0.3, -0.25) is 4.55 Å². The number of carbonyl (C=O) groups excluding carboxylic acids is 1. The third-order valence-electron chi connectivity index (χ3n) is 1.95. The first-order valence-electron chi connectivity index (χ1n) is 3.41. The zero-order chi connectivity index (χ0) is 10.4. The first-order chi connectivity index (χ1) is 5.66. The number of nitrogens with zero attached hydrogens (tertiary/aromatic N) is 2. The molecule has 2 amide bonds. The Morgan fingerprint density at radius 2 is 1.92 bits per heavy atom. The average Bonchev–Trinajstić information content (AvgIpc) is 1.96. The quantitative estimate of drug-likeness (QED) is 0.639. The monoisotopic (exact) mass is 210 g/mol. The van der Waals surface area contributed by atoms with Gasteiger partial charge in [-0.15, -0.1) is 4.28 Å². The Hall–Kier alpha value is -0.860. The Morgan fingerprint density at radius 3 is 2.23 bits per heavy atom. The van der Waals surface area contributed by atoms with Crippen LogP contribution in [0.25, 0.3) is 0 Å². The van der Waals surface area contributed by atoms with E-state index in [-0.39, 0.29) is 0 Å². The summed E-state index contributed by atoms with van der Waals surface area (Å²) >= 11 is 0. The van der Waals surface area contributed by atoms with E-state index in [1.165, 1.54) is 11.9 Å². The Morgan fingerprint density at radius 1 is 1.46 bits per heavy atom. The molecule has 1 fully saturated rings. The van der Waals surface area contributed by atoms with Crippen molar-refractivity contribution in [2.24, 2.45) is 0 Å². The van der Waals surface area contributed by atoms with Gasteiger partial charge < -0.3 is 4.90 Å². The first kappa shape index (κ1) is 10.2. The maximum atomic E-state index is 11.0.